The largest absolute Gasteiger partial charge is 0.469 e. The molecule has 0 spiro atoms. The average molecular weight is 461 g/mol. The molecule has 6 heteroatoms. The van der Waals surface area contributed by atoms with E-state index in [0.717, 1.165) is 32.1 Å². The van der Waals surface area contributed by atoms with E-state index in [-0.39, 0.29) is 59.0 Å². The molecular weight excluding hydrogens is 420 g/mol. The predicted octanol–water partition coefficient (Wildman–Crippen LogP) is 4.52. The van der Waals surface area contributed by atoms with Gasteiger partial charge in [-0.05, 0) is 67.1 Å². The van der Waals surface area contributed by atoms with Gasteiger partial charge in [0.25, 0.3) is 0 Å². The van der Waals surface area contributed by atoms with Crippen LogP contribution in [0.1, 0.15) is 85.5 Å². The molecule has 0 aromatic heterocycles. The highest BCUT2D eigenvalue weighted by Crippen LogP contribution is 2.67. The zero-order valence-corrected chi connectivity index (χ0v) is 20.9. The lowest BCUT2D eigenvalue weighted by molar-refractivity contribution is -0.190. The summed E-state index contributed by atoms with van der Waals surface area (Å²) in [6, 6.07) is 0. The van der Waals surface area contributed by atoms with Gasteiger partial charge in [0.15, 0.2) is 0 Å². The third-order valence-corrected chi connectivity index (χ3v) is 10.4. The second-order valence-corrected chi connectivity index (χ2v) is 11.8. The minimum Gasteiger partial charge on any atom is -0.469 e. The third kappa shape index (κ3) is 3.95. The molecule has 4 aliphatic carbocycles. The molecule has 4 aliphatic rings. The normalized spacial score (nSPS) is 43.2. The van der Waals surface area contributed by atoms with Gasteiger partial charge in [-0.3, -0.25) is 19.2 Å². The first-order valence-corrected chi connectivity index (χ1v) is 12.8. The van der Waals surface area contributed by atoms with Crippen molar-refractivity contribution in [2.75, 3.05) is 7.11 Å². The molecular formula is C27H40O6. The van der Waals surface area contributed by atoms with Crippen LogP contribution in [0.2, 0.25) is 0 Å². The fourth-order valence-electron chi connectivity index (χ4n) is 8.63. The predicted molar refractivity (Wildman–Crippen MR) is 122 cm³/mol. The fourth-order valence-corrected chi connectivity index (χ4v) is 8.63. The Hall–Kier alpha value is -1.72. The molecule has 0 aliphatic heterocycles. The van der Waals surface area contributed by atoms with Crippen molar-refractivity contribution in [2.24, 2.45) is 46.3 Å². The molecule has 0 N–H and O–H groups in total. The Morgan fingerprint density at radius 1 is 1.12 bits per heavy atom. The van der Waals surface area contributed by atoms with Gasteiger partial charge < -0.3 is 9.47 Å². The fraction of sp³-hybridized carbons (Fsp3) is 0.852. The third-order valence-electron chi connectivity index (χ3n) is 10.4. The van der Waals surface area contributed by atoms with Crippen LogP contribution >= 0.6 is 0 Å². The number of rotatable bonds is 5. The number of esters is 2. The van der Waals surface area contributed by atoms with Crippen LogP contribution in [-0.4, -0.2) is 36.7 Å². The maximum atomic E-state index is 13.9. The lowest BCUT2D eigenvalue weighted by Gasteiger charge is -2.61. The van der Waals surface area contributed by atoms with Crippen LogP contribution in [0, 0.1) is 46.3 Å². The van der Waals surface area contributed by atoms with Gasteiger partial charge >= 0.3 is 11.9 Å². The monoisotopic (exact) mass is 460 g/mol. The quantitative estimate of drug-likeness (QED) is 0.561. The van der Waals surface area contributed by atoms with E-state index in [4.69, 9.17) is 9.47 Å². The minimum absolute atomic E-state index is 0.0548. The Morgan fingerprint density at radius 2 is 1.85 bits per heavy atom. The summed E-state index contributed by atoms with van der Waals surface area (Å²) in [6.07, 6.45) is 5.99. The summed E-state index contributed by atoms with van der Waals surface area (Å²) in [6.45, 7) is 8.06. The van der Waals surface area contributed by atoms with Crippen molar-refractivity contribution in [3.8, 4) is 0 Å². The summed E-state index contributed by atoms with van der Waals surface area (Å²) >= 11 is 0. The van der Waals surface area contributed by atoms with Crippen molar-refractivity contribution in [1.29, 1.82) is 0 Å². The standard InChI is InChI=1S/C27H40O6/c1-15(6-9-24(31)32-5)19-7-8-20-25-21(14-23(30)27(19,20)4)26(3)11-10-18(29)12-17(26)13-22(25)33-16(2)28/h15,17,19-22,25H,6-14H2,1-5H3/t15-,17-,19-,20+,21+,22+,25+,26+,27-/m1/s1. The number of carbonyl (C=O) groups is 4. The van der Waals surface area contributed by atoms with Crippen LogP contribution in [0.25, 0.3) is 0 Å². The van der Waals surface area contributed by atoms with Crippen LogP contribution in [0.5, 0.6) is 0 Å². The molecule has 4 rings (SSSR count). The van der Waals surface area contributed by atoms with Crippen molar-refractivity contribution in [2.45, 2.75) is 91.6 Å². The van der Waals surface area contributed by atoms with Crippen molar-refractivity contribution < 1.29 is 28.7 Å². The minimum atomic E-state index is -0.456. The van der Waals surface area contributed by atoms with E-state index < -0.39 is 5.41 Å². The topological polar surface area (TPSA) is 86.7 Å². The highest BCUT2D eigenvalue weighted by Gasteiger charge is 2.66. The second-order valence-electron chi connectivity index (χ2n) is 11.8. The Kier molecular flexibility index (Phi) is 6.52. The molecule has 33 heavy (non-hydrogen) atoms. The average Bonchev–Trinajstić information content (AvgIpc) is 3.11. The molecule has 0 heterocycles. The van der Waals surface area contributed by atoms with Crippen LogP contribution in [0.15, 0.2) is 0 Å². The van der Waals surface area contributed by atoms with E-state index in [1.807, 2.05) is 0 Å². The smallest absolute Gasteiger partial charge is 0.305 e. The van der Waals surface area contributed by atoms with Crippen molar-refractivity contribution in [3.63, 3.8) is 0 Å². The molecule has 0 bridgehead atoms. The summed E-state index contributed by atoms with van der Waals surface area (Å²) in [5.41, 5.74) is -0.510. The van der Waals surface area contributed by atoms with E-state index >= 15 is 0 Å². The molecule has 0 saturated heterocycles. The van der Waals surface area contributed by atoms with Gasteiger partial charge in [-0.1, -0.05) is 20.8 Å². The molecule has 0 amide bonds. The molecule has 4 saturated carbocycles. The second kappa shape index (κ2) is 8.81. The number of ether oxygens (including phenoxy) is 2. The van der Waals surface area contributed by atoms with E-state index in [2.05, 4.69) is 20.8 Å². The van der Waals surface area contributed by atoms with Gasteiger partial charge in [0.2, 0.25) is 0 Å². The SMILES string of the molecule is COC(=O)CC[C@@H](C)[C@H]1CC[C@H]2[C@@H]3[C@@H](OC(C)=O)C[C@H]4CC(=O)CC[C@]4(C)[C@H]3CC(=O)[C@]12C. The summed E-state index contributed by atoms with van der Waals surface area (Å²) in [5.74, 6) is 1.28. The van der Waals surface area contributed by atoms with Crippen molar-refractivity contribution >= 4 is 23.5 Å². The number of Topliss-reactive ketones (excluding diaryl/α,β-unsaturated/α-hetero) is 2. The first-order valence-electron chi connectivity index (χ1n) is 12.8. The molecule has 4 fully saturated rings. The van der Waals surface area contributed by atoms with E-state index in [1.165, 1.54) is 14.0 Å². The Labute approximate surface area is 197 Å². The van der Waals surface area contributed by atoms with Gasteiger partial charge in [-0.25, -0.2) is 0 Å². The van der Waals surface area contributed by atoms with Gasteiger partial charge in [0, 0.05) is 43.9 Å². The molecule has 0 aromatic rings. The van der Waals surface area contributed by atoms with E-state index in [9.17, 15) is 19.2 Å². The van der Waals surface area contributed by atoms with Crippen LogP contribution in [0.4, 0.5) is 0 Å². The van der Waals surface area contributed by atoms with Gasteiger partial charge in [-0.2, -0.15) is 0 Å². The Balaban J connectivity index is 1.65. The first-order chi connectivity index (χ1) is 15.5. The maximum Gasteiger partial charge on any atom is 0.305 e. The van der Waals surface area contributed by atoms with E-state index in [0.29, 0.717) is 37.2 Å². The number of carbonyl (C=O) groups excluding carboxylic acids is 4. The number of ketones is 2. The molecule has 0 radical (unpaired) electrons. The van der Waals surface area contributed by atoms with Gasteiger partial charge in [0.05, 0.1) is 7.11 Å². The van der Waals surface area contributed by atoms with Gasteiger partial charge in [0.1, 0.15) is 17.7 Å². The molecule has 6 nitrogen and oxygen atoms in total. The van der Waals surface area contributed by atoms with Crippen LogP contribution in [0.3, 0.4) is 0 Å². The molecule has 0 unspecified atom stereocenters. The maximum absolute atomic E-state index is 13.9. The number of methoxy groups -OCH3 is 1. The highest BCUT2D eigenvalue weighted by molar-refractivity contribution is 5.87. The number of fused-ring (bicyclic) bond motifs is 5. The van der Waals surface area contributed by atoms with Crippen molar-refractivity contribution in [3.05, 3.63) is 0 Å². The van der Waals surface area contributed by atoms with Gasteiger partial charge in [-0.15, -0.1) is 0 Å². The molecule has 184 valence electrons. The zero-order chi connectivity index (χ0) is 24.1. The Bertz CT molecular complexity index is 834. The molecule has 0 aromatic carbocycles. The lowest BCUT2D eigenvalue weighted by atomic mass is 9.43. The summed E-state index contributed by atoms with van der Waals surface area (Å²) in [5, 5.41) is 0. The summed E-state index contributed by atoms with van der Waals surface area (Å²) < 4.78 is 10.8. The molecule has 9 atom stereocenters. The van der Waals surface area contributed by atoms with E-state index in [1.54, 1.807) is 0 Å². The Morgan fingerprint density at radius 3 is 2.52 bits per heavy atom. The zero-order valence-electron chi connectivity index (χ0n) is 20.9. The van der Waals surface area contributed by atoms with Crippen LogP contribution < -0.4 is 0 Å². The lowest BCUT2D eigenvalue weighted by Crippen LogP contribution is -2.61. The number of hydrogen-bond donors (Lipinski definition) is 0. The summed E-state index contributed by atoms with van der Waals surface area (Å²) in [4.78, 5) is 50.0. The highest BCUT2D eigenvalue weighted by atomic mass is 16.5. The number of hydrogen-bond acceptors (Lipinski definition) is 6. The van der Waals surface area contributed by atoms with Crippen LogP contribution in [-0.2, 0) is 28.7 Å². The summed E-state index contributed by atoms with van der Waals surface area (Å²) in [7, 11) is 1.41. The first kappa shape index (κ1) is 24.4. The van der Waals surface area contributed by atoms with Crippen molar-refractivity contribution in [1.82, 2.24) is 0 Å².